The Morgan fingerprint density at radius 3 is 3.27 bits per heavy atom. The van der Waals surface area contributed by atoms with Gasteiger partial charge in [0.1, 0.15) is 5.82 Å². The molecule has 0 aliphatic carbocycles. The number of rotatable bonds is 2. The van der Waals surface area contributed by atoms with Crippen LogP contribution in [0.3, 0.4) is 0 Å². The highest BCUT2D eigenvalue weighted by molar-refractivity contribution is 5.41. The van der Waals surface area contributed by atoms with Crippen LogP contribution in [-0.2, 0) is 11.3 Å². The Hall–Kier alpha value is -1.13. The lowest BCUT2D eigenvalue weighted by molar-refractivity contribution is 0.0529. The Kier molecular flexibility index (Phi) is 3.18. The van der Waals surface area contributed by atoms with E-state index in [1.54, 1.807) is 0 Å². The van der Waals surface area contributed by atoms with Gasteiger partial charge in [0.25, 0.3) is 0 Å². The van der Waals surface area contributed by atoms with Crippen molar-refractivity contribution in [1.82, 2.24) is 4.98 Å². The zero-order valence-corrected chi connectivity index (χ0v) is 9.02. The van der Waals surface area contributed by atoms with Gasteiger partial charge < -0.3 is 15.4 Å². The van der Waals surface area contributed by atoms with E-state index in [1.165, 1.54) is 0 Å². The highest BCUT2D eigenvalue weighted by Crippen LogP contribution is 2.15. The number of pyridine rings is 1. The molecular weight excluding hydrogens is 190 g/mol. The third-order valence-corrected chi connectivity index (χ3v) is 2.61. The van der Waals surface area contributed by atoms with Gasteiger partial charge in [-0.15, -0.1) is 0 Å². The highest BCUT2D eigenvalue weighted by atomic mass is 16.5. The molecule has 0 aromatic carbocycles. The monoisotopic (exact) mass is 207 g/mol. The maximum atomic E-state index is 5.60. The number of nitrogens with zero attached hydrogens (tertiary/aromatic N) is 2. The van der Waals surface area contributed by atoms with E-state index in [2.05, 4.69) is 22.9 Å². The molecule has 0 bridgehead atoms. The molecule has 4 nitrogen and oxygen atoms in total. The van der Waals surface area contributed by atoms with E-state index >= 15 is 0 Å². The van der Waals surface area contributed by atoms with E-state index in [4.69, 9.17) is 10.5 Å². The number of ether oxygens (including phenoxy) is 1. The van der Waals surface area contributed by atoms with Crippen molar-refractivity contribution in [3.8, 4) is 0 Å². The van der Waals surface area contributed by atoms with Crippen LogP contribution < -0.4 is 10.6 Å². The number of hydrogen-bond donors (Lipinski definition) is 1. The van der Waals surface area contributed by atoms with Crippen molar-refractivity contribution in [2.75, 3.05) is 24.6 Å². The van der Waals surface area contributed by atoms with Crippen LogP contribution in [0.1, 0.15) is 12.5 Å². The van der Waals surface area contributed by atoms with E-state index in [9.17, 15) is 0 Å². The Morgan fingerprint density at radius 2 is 2.53 bits per heavy atom. The van der Waals surface area contributed by atoms with Crippen molar-refractivity contribution in [3.63, 3.8) is 0 Å². The first-order valence-corrected chi connectivity index (χ1v) is 5.31. The van der Waals surface area contributed by atoms with Crippen molar-refractivity contribution < 1.29 is 4.74 Å². The van der Waals surface area contributed by atoms with E-state index in [-0.39, 0.29) is 6.10 Å². The normalized spacial score (nSPS) is 21.7. The van der Waals surface area contributed by atoms with Crippen LogP contribution in [0.2, 0.25) is 0 Å². The van der Waals surface area contributed by atoms with Gasteiger partial charge in [-0.2, -0.15) is 0 Å². The molecule has 2 rings (SSSR count). The molecule has 2 N–H and O–H groups in total. The maximum absolute atomic E-state index is 5.60. The van der Waals surface area contributed by atoms with Gasteiger partial charge >= 0.3 is 0 Å². The predicted molar refractivity (Wildman–Crippen MR) is 59.8 cm³/mol. The van der Waals surface area contributed by atoms with Crippen molar-refractivity contribution in [2.24, 2.45) is 5.73 Å². The summed E-state index contributed by atoms with van der Waals surface area (Å²) >= 11 is 0. The highest BCUT2D eigenvalue weighted by Gasteiger charge is 2.17. The SMILES string of the molecule is C[C@H]1CN(c2cc(CN)ccn2)CCO1. The standard InChI is InChI=1S/C11H17N3O/c1-9-8-14(4-5-15-9)11-6-10(7-12)2-3-13-11/h2-3,6,9H,4-5,7-8,12H2,1H3/t9-/m0/s1. The lowest BCUT2D eigenvalue weighted by Crippen LogP contribution is -2.41. The van der Waals surface area contributed by atoms with Gasteiger partial charge in [0.05, 0.1) is 12.7 Å². The molecular formula is C11H17N3O. The summed E-state index contributed by atoms with van der Waals surface area (Å²) in [6.45, 7) is 5.23. The Balaban J connectivity index is 2.13. The first kappa shape index (κ1) is 10.4. The summed E-state index contributed by atoms with van der Waals surface area (Å²) in [4.78, 5) is 6.60. The molecule has 0 amide bonds. The summed E-state index contributed by atoms with van der Waals surface area (Å²) < 4.78 is 5.49. The first-order valence-electron chi connectivity index (χ1n) is 5.31. The molecule has 82 valence electrons. The predicted octanol–water partition coefficient (Wildman–Crippen LogP) is 0.765. The summed E-state index contributed by atoms with van der Waals surface area (Å²) in [5.41, 5.74) is 6.73. The summed E-state index contributed by atoms with van der Waals surface area (Å²) in [6.07, 6.45) is 2.10. The fourth-order valence-corrected chi connectivity index (χ4v) is 1.79. The lowest BCUT2D eigenvalue weighted by Gasteiger charge is -2.32. The molecule has 0 radical (unpaired) electrons. The van der Waals surface area contributed by atoms with Crippen molar-refractivity contribution >= 4 is 5.82 Å². The van der Waals surface area contributed by atoms with Gasteiger partial charge in [-0.1, -0.05) is 0 Å². The van der Waals surface area contributed by atoms with Gasteiger partial charge in [0, 0.05) is 25.8 Å². The number of nitrogens with two attached hydrogens (primary N) is 1. The molecule has 1 aromatic rings. The topological polar surface area (TPSA) is 51.4 Å². The molecule has 1 aliphatic heterocycles. The van der Waals surface area contributed by atoms with E-state index in [1.807, 2.05) is 12.3 Å². The molecule has 0 saturated carbocycles. The van der Waals surface area contributed by atoms with E-state index < -0.39 is 0 Å². The largest absolute Gasteiger partial charge is 0.375 e. The third-order valence-electron chi connectivity index (χ3n) is 2.61. The summed E-state index contributed by atoms with van der Waals surface area (Å²) in [7, 11) is 0. The average molecular weight is 207 g/mol. The molecule has 1 fully saturated rings. The maximum Gasteiger partial charge on any atom is 0.128 e. The first-order chi connectivity index (χ1) is 7.29. The van der Waals surface area contributed by atoms with Gasteiger partial charge in [-0.3, -0.25) is 0 Å². The molecule has 2 heterocycles. The molecule has 1 atom stereocenters. The van der Waals surface area contributed by atoms with Crippen LogP contribution in [-0.4, -0.2) is 30.8 Å². The van der Waals surface area contributed by atoms with Crippen LogP contribution >= 0.6 is 0 Å². The Bertz CT molecular complexity index is 329. The molecule has 15 heavy (non-hydrogen) atoms. The smallest absolute Gasteiger partial charge is 0.128 e. The van der Waals surface area contributed by atoms with Gasteiger partial charge in [0.15, 0.2) is 0 Å². The Morgan fingerprint density at radius 1 is 1.67 bits per heavy atom. The molecule has 0 spiro atoms. The molecule has 1 aromatic heterocycles. The van der Waals surface area contributed by atoms with Gasteiger partial charge in [0.2, 0.25) is 0 Å². The zero-order chi connectivity index (χ0) is 10.7. The second kappa shape index (κ2) is 4.59. The van der Waals surface area contributed by atoms with Crippen molar-refractivity contribution in [2.45, 2.75) is 19.6 Å². The van der Waals surface area contributed by atoms with Crippen molar-refractivity contribution in [1.29, 1.82) is 0 Å². The van der Waals surface area contributed by atoms with Crippen LogP contribution in [0.25, 0.3) is 0 Å². The van der Waals surface area contributed by atoms with Crippen LogP contribution in [0, 0.1) is 0 Å². The fourth-order valence-electron chi connectivity index (χ4n) is 1.79. The quantitative estimate of drug-likeness (QED) is 0.778. The molecule has 1 aliphatic rings. The summed E-state index contributed by atoms with van der Waals surface area (Å²) in [5.74, 6) is 1.01. The van der Waals surface area contributed by atoms with Crippen LogP contribution in [0.4, 0.5) is 5.82 Å². The number of morpholine rings is 1. The zero-order valence-electron chi connectivity index (χ0n) is 9.02. The lowest BCUT2D eigenvalue weighted by atomic mass is 10.2. The molecule has 1 saturated heterocycles. The second-order valence-electron chi connectivity index (χ2n) is 3.85. The second-order valence-corrected chi connectivity index (χ2v) is 3.85. The Labute approximate surface area is 90.0 Å². The number of hydrogen-bond acceptors (Lipinski definition) is 4. The number of anilines is 1. The average Bonchev–Trinajstić information content (AvgIpc) is 2.29. The van der Waals surface area contributed by atoms with Gasteiger partial charge in [-0.05, 0) is 24.6 Å². The van der Waals surface area contributed by atoms with Crippen LogP contribution in [0.15, 0.2) is 18.3 Å². The van der Waals surface area contributed by atoms with Crippen molar-refractivity contribution in [3.05, 3.63) is 23.9 Å². The minimum atomic E-state index is 0.280. The van der Waals surface area contributed by atoms with E-state index in [0.717, 1.165) is 31.1 Å². The van der Waals surface area contributed by atoms with E-state index in [0.29, 0.717) is 6.54 Å². The van der Waals surface area contributed by atoms with Gasteiger partial charge in [-0.25, -0.2) is 4.98 Å². The molecule has 0 unspecified atom stereocenters. The number of aromatic nitrogens is 1. The third kappa shape index (κ3) is 2.46. The minimum absolute atomic E-state index is 0.280. The summed E-state index contributed by atoms with van der Waals surface area (Å²) in [6, 6.07) is 4.01. The van der Waals surface area contributed by atoms with Crippen LogP contribution in [0.5, 0.6) is 0 Å². The molecule has 4 heteroatoms. The summed E-state index contributed by atoms with van der Waals surface area (Å²) in [5, 5.41) is 0. The minimum Gasteiger partial charge on any atom is -0.375 e. The fraction of sp³-hybridized carbons (Fsp3) is 0.545.